The van der Waals surface area contributed by atoms with Crippen LogP contribution in [0.3, 0.4) is 0 Å². The normalized spacial score (nSPS) is 10.4. The van der Waals surface area contributed by atoms with Crippen LogP contribution < -0.4 is 21.7 Å². The summed E-state index contributed by atoms with van der Waals surface area (Å²) in [6.07, 6.45) is 0.606. The number of anilines is 4. The molecule has 2 aromatic carbocycles. The van der Waals surface area contributed by atoms with E-state index >= 15 is 0 Å². The molecule has 0 fully saturated rings. The molecule has 3 rings (SSSR count). The fourth-order valence-electron chi connectivity index (χ4n) is 2.70. The number of nitrogens with zero attached hydrogens (tertiary/aromatic N) is 2. The van der Waals surface area contributed by atoms with E-state index in [-0.39, 0.29) is 17.6 Å². The molecule has 9 nitrogen and oxygen atoms in total. The lowest BCUT2D eigenvalue weighted by molar-refractivity contribution is 0.1000. The molecule has 160 valence electrons. The van der Waals surface area contributed by atoms with Crippen molar-refractivity contribution in [1.29, 1.82) is 0 Å². The van der Waals surface area contributed by atoms with Gasteiger partial charge in [0.25, 0.3) is 5.91 Å². The number of carbonyl (C=O) groups is 2. The van der Waals surface area contributed by atoms with Crippen LogP contribution in [0.1, 0.15) is 29.8 Å². The molecular weight excluding hydrogens is 396 g/mol. The topological polar surface area (TPSA) is 131 Å². The van der Waals surface area contributed by atoms with Crippen molar-refractivity contribution in [3.05, 3.63) is 71.9 Å². The zero-order valence-electron chi connectivity index (χ0n) is 17.3. The molecule has 0 aliphatic heterocycles. The van der Waals surface area contributed by atoms with E-state index in [0.29, 0.717) is 23.7 Å². The number of hydrogen-bond acceptors (Lipinski definition) is 7. The lowest BCUT2D eigenvalue weighted by Gasteiger charge is -2.13. The van der Waals surface area contributed by atoms with Crippen molar-refractivity contribution in [1.82, 2.24) is 9.97 Å². The number of aromatic nitrogens is 2. The Morgan fingerprint density at radius 1 is 1.06 bits per heavy atom. The van der Waals surface area contributed by atoms with E-state index in [2.05, 4.69) is 25.9 Å². The molecule has 0 aliphatic rings. The SMILES string of the molecule is CC(C)OC(=O)Nc1cccc(Nc2ncc(C(N)=O)c(NCc3ccccc3)n2)c1. The van der Waals surface area contributed by atoms with Gasteiger partial charge in [-0.3, -0.25) is 10.1 Å². The lowest BCUT2D eigenvalue weighted by Crippen LogP contribution is -2.18. The van der Waals surface area contributed by atoms with Crippen LogP contribution in [-0.4, -0.2) is 28.1 Å². The number of nitrogens with one attached hydrogen (secondary N) is 3. The quantitative estimate of drug-likeness (QED) is 0.435. The highest BCUT2D eigenvalue weighted by atomic mass is 16.6. The van der Waals surface area contributed by atoms with Gasteiger partial charge in [-0.1, -0.05) is 36.4 Å². The minimum atomic E-state index is -0.628. The van der Waals surface area contributed by atoms with Gasteiger partial charge < -0.3 is 21.1 Å². The molecule has 0 saturated carbocycles. The predicted octanol–water partition coefficient (Wildman–Crippen LogP) is 3.89. The number of amides is 2. The van der Waals surface area contributed by atoms with Crippen LogP contribution in [0.5, 0.6) is 0 Å². The minimum Gasteiger partial charge on any atom is -0.447 e. The van der Waals surface area contributed by atoms with Crippen molar-refractivity contribution in [2.45, 2.75) is 26.5 Å². The summed E-state index contributed by atoms with van der Waals surface area (Å²) in [5.74, 6) is -0.0388. The third kappa shape index (κ3) is 6.43. The average Bonchev–Trinajstić information content (AvgIpc) is 2.72. The van der Waals surface area contributed by atoms with E-state index in [1.165, 1.54) is 6.20 Å². The van der Waals surface area contributed by atoms with E-state index in [9.17, 15) is 9.59 Å². The van der Waals surface area contributed by atoms with Crippen LogP contribution in [-0.2, 0) is 11.3 Å². The Morgan fingerprint density at radius 2 is 1.81 bits per heavy atom. The number of rotatable bonds is 8. The Bertz CT molecular complexity index is 1060. The van der Waals surface area contributed by atoms with E-state index in [0.717, 1.165) is 5.56 Å². The van der Waals surface area contributed by atoms with Gasteiger partial charge in [-0.15, -0.1) is 0 Å². The first kappa shape index (κ1) is 21.6. The maximum Gasteiger partial charge on any atom is 0.411 e. The Kier molecular flexibility index (Phi) is 7.00. The Balaban J connectivity index is 1.75. The Hall–Kier alpha value is -4.14. The number of benzene rings is 2. The third-order valence-electron chi connectivity index (χ3n) is 4.06. The molecule has 0 atom stereocenters. The van der Waals surface area contributed by atoms with Crippen LogP contribution in [0.4, 0.5) is 27.9 Å². The first-order valence-electron chi connectivity index (χ1n) is 9.70. The molecule has 2 amide bonds. The molecule has 5 N–H and O–H groups in total. The summed E-state index contributed by atoms with van der Waals surface area (Å²) in [6, 6.07) is 16.7. The number of nitrogens with two attached hydrogens (primary N) is 1. The molecular formula is C22H24N6O3. The van der Waals surface area contributed by atoms with E-state index in [4.69, 9.17) is 10.5 Å². The summed E-state index contributed by atoms with van der Waals surface area (Å²) in [6.45, 7) is 4.01. The lowest BCUT2D eigenvalue weighted by atomic mass is 10.2. The van der Waals surface area contributed by atoms with Gasteiger partial charge in [0.15, 0.2) is 0 Å². The second-order valence-electron chi connectivity index (χ2n) is 6.94. The fourth-order valence-corrected chi connectivity index (χ4v) is 2.70. The summed E-state index contributed by atoms with van der Waals surface area (Å²) in [5.41, 5.74) is 7.86. The second-order valence-corrected chi connectivity index (χ2v) is 6.94. The van der Waals surface area contributed by atoms with Crippen LogP contribution in [0, 0.1) is 0 Å². The van der Waals surface area contributed by atoms with Crippen LogP contribution in [0.25, 0.3) is 0 Å². The molecule has 0 saturated heterocycles. The summed E-state index contributed by atoms with van der Waals surface area (Å²) in [7, 11) is 0. The van der Waals surface area contributed by atoms with Crippen LogP contribution >= 0.6 is 0 Å². The summed E-state index contributed by atoms with van der Waals surface area (Å²) >= 11 is 0. The van der Waals surface area contributed by atoms with Crippen LogP contribution in [0.15, 0.2) is 60.8 Å². The molecule has 0 spiro atoms. The highest BCUT2D eigenvalue weighted by Crippen LogP contribution is 2.21. The number of carbonyl (C=O) groups excluding carboxylic acids is 2. The van der Waals surface area contributed by atoms with Crippen LogP contribution in [0.2, 0.25) is 0 Å². The van der Waals surface area contributed by atoms with E-state index < -0.39 is 12.0 Å². The monoisotopic (exact) mass is 420 g/mol. The number of primary amides is 1. The molecule has 0 unspecified atom stereocenters. The van der Waals surface area contributed by atoms with E-state index in [1.54, 1.807) is 38.1 Å². The van der Waals surface area contributed by atoms with Gasteiger partial charge >= 0.3 is 6.09 Å². The second kappa shape index (κ2) is 10.1. The molecule has 0 bridgehead atoms. The highest BCUT2D eigenvalue weighted by Gasteiger charge is 2.13. The van der Waals surface area contributed by atoms with Crippen molar-refractivity contribution in [3.63, 3.8) is 0 Å². The molecule has 9 heteroatoms. The molecule has 1 aromatic heterocycles. The van der Waals surface area contributed by atoms with Crippen molar-refractivity contribution in [2.24, 2.45) is 5.73 Å². The first-order valence-corrected chi connectivity index (χ1v) is 9.70. The fraction of sp³-hybridized carbons (Fsp3) is 0.182. The maximum absolute atomic E-state index is 11.8. The highest BCUT2D eigenvalue weighted by molar-refractivity contribution is 5.97. The summed E-state index contributed by atoms with van der Waals surface area (Å²) < 4.78 is 5.08. The minimum absolute atomic E-state index is 0.188. The zero-order valence-corrected chi connectivity index (χ0v) is 17.3. The largest absolute Gasteiger partial charge is 0.447 e. The average molecular weight is 420 g/mol. The van der Waals surface area contributed by atoms with Gasteiger partial charge in [-0.05, 0) is 37.6 Å². The summed E-state index contributed by atoms with van der Waals surface area (Å²) in [4.78, 5) is 32.1. The Labute approximate surface area is 180 Å². The summed E-state index contributed by atoms with van der Waals surface area (Å²) in [5, 5.41) is 8.84. The predicted molar refractivity (Wildman–Crippen MR) is 119 cm³/mol. The molecule has 31 heavy (non-hydrogen) atoms. The smallest absolute Gasteiger partial charge is 0.411 e. The number of hydrogen-bond donors (Lipinski definition) is 4. The van der Waals surface area contributed by atoms with Gasteiger partial charge in [0.2, 0.25) is 5.95 Å². The van der Waals surface area contributed by atoms with Gasteiger partial charge in [-0.2, -0.15) is 4.98 Å². The van der Waals surface area contributed by atoms with Gasteiger partial charge in [0.1, 0.15) is 5.82 Å². The maximum atomic E-state index is 11.8. The molecule has 3 aromatic rings. The first-order chi connectivity index (χ1) is 14.9. The molecule has 0 radical (unpaired) electrons. The Morgan fingerprint density at radius 3 is 2.52 bits per heavy atom. The standard InChI is InChI=1S/C22H24N6O3/c1-14(2)31-22(30)27-17-10-6-9-16(11-17)26-21-25-13-18(19(23)29)20(28-21)24-12-15-7-4-3-5-8-15/h3-11,13-14H,12H2,1-2H3,(H2,23,29)(H,27,30)(H2,24,25,26,28). The van der Waals surface area contributed by atoms with Gasteiger partial charge in [0.05, 0.1) is 11.7 Å². The van der Waals surface area contributed by atoms with Crippen molar-refractivity contribution in [3.8, 4) is 0 Å². The van der Waals surface area contributed by atoms with Crippen molar-refractivity contribution < 1.29 is 14.3 Å². The molecule has 1 heterocycles. The third-order valence-corrected chi connectivity index (χ3v) is 4.06. The van der Waals surface area contributed by atoms with Crippen molar-refractivity contribution >= 4 is 35.1 Å². The van der Waals surface area contributed by atoms with Gasteiger partial charge in [-0.25, -0.2) is 9.78 Å². The number of ether oxygens (including phenoxy) is 1. The van der Waals surface area contributed by atoms with Crippen molar-refractivity contribution in [2.75, 3.05) is 16.0 Å². The molecule has 0 aliphatic carbocycles. The van der Waals surface area contributed by atoms with Gasteiger partial charge in [0, 0.05) is 24.1 Å². The van der Waals surface area contributed by atoms with E-state index in [1.807, 2.05) is 30.3 Å². The zero-order chi connectivity index (χ0) is 22.2.